The zero-order valence-corrected chi connectivity index (χ0v) is 11.3. The van der Waals surface area contributed by atoms with E-state index in [0.29, 0.717) is 13.0 Å². The molecule has 106 valence electrons. The Balaban J connectivity index is 2.02. The molecule has 5 nitrogen and oxygen atoms in total. The summed E-state index contributed by atoms with van der Waals surface area (Å²) in [4.78, 5) is 24.4. The van der Waals surface area contributed by atoms with E-state index in [0.717, 1.165) is 17.7 Å². The summed E-state index contributed by atoms with van der Waals surface area (Å²) in [6.45, 7) is 0.503. The van der Waals surface area contributed by atoms with Crippen LogP contribution < -0.4 is 4.74 Å². The van der Waals surface area contributed by atoms with Crippen molar-refractivity contribution in [2.24, 2.45) is 0 Å². The summed E-state index contributed by atoms with van der Waals surface area (Å²) in [6, 6.07) is 6.59. The molecule has 1 aromatic carbocycles. The third-order valence-corrected chi connectivity index (χ3v) is 3.36. The summed E-state index contributed by atoms with van der Waals surface area (Å²) in [7, 11) is 1.59. The van der Waals surface area contributed by atoms with Crippen LogP contribution in [0.5, 0.6) is 5.75 Å². The zero-order valence-electron chi connectivity index (χ0n) is 11.3. The summed E-state index contributed by atoms with van der Waals surface area (Å²) in [5.41, 5.74) is 0.866. The van der Waals surface area contributed by atoms with Crippen molar-refractivity contribution in [1.29, 1.82) is 0 Å². The molecular weight excluding hydrogens is 258 g/mol. The fourth-order valence-electron chi connectivity index (χ4n) is 2.27. The van der Waals surface area contributed by atoms with E-state index in [1.807, 2.05) is 12.1 Å². The van der Waals surface area contributed by atoms with Crippen LogP contribution in [0.3, 0.4) is 0 Å². The van der Waals surface area contributed by atoms with Crippen LogP contribution in [-0.2, 0) is 9.59 Å². The van der Waals surface area contributed by atoms with Gasteiger partial charge < -0.3 is 14.7 Å². The highest BCUT2D eigenvalue weighted by Crippen LogP contribution is 2.18. The van der Waals surface area contributed by atoms with Gasteiger partial charge in [0.25, 0.3) is 0 Å². The molecule has 1 aromatic rings. The maximum Gasteiger partial charge on any atom is 0.326 e. The second kappa shape index (κ2) is 6.23. The average Bonchev–Trinajstić information content (AvgIpc) is 2.95. The lowest BCUT2D eigenvalue weighted by molar-refractivity contribution is -0.146. The van der Waals surface area contributed by atoms with Crippen molar-refractivity contribution < 1.29 is 19.4 Å². The first kappa shape index (κ1) is 14.1. The van der Waals surface area contributed by atoms with Crippen molar-refractivity contribution in [2.75, 3.05) is 13.7 Å². The average molecular weight is 275 g/mol. The molecule has 1 aliphatic heterocycles. The number of benzene rings is 1. The minimum Gasteiger partial charge on any atom is -0.497 e. The Morgan fingerprint density at radius 2 is 2.05 bits per heavy atom. The first-order valence-electron chi connectivity index (χ1n) is 6.47. The molecule has 5 heteroatoms. The Hall–Kier alpha value is -2.30. The molecule has 0 radical (unpaired) electrons. The number of carbonyl (C=O) groups excluding carboxylic acids is 1. The number of nitrogens with zero attached hydrogens (tertiary/aromatic N) is 1. The number of ether oxygens (including phenoxy) is 1. The first-order valence-corrected chi connectivity index (χ1v) is 6.47. The summed E-state index contributed by atoms with van der Waals surface area (Å²) in [5, 5.41) is 9.04. The van der Waals surface area contributed by atoms with Gasteiger partial charge in [0.15, 0.2) is 0 Å². The predicted molar refractivity (Wildman–Crippen MR) is 74.4 cm³/mol. The highest BCUT2D eigenvalue weighted by Gasteiger charge is 2.32. The van der Waals surface area contributed by atoms with Gasteiger partial charge in [0.1, 0.15) is 11.8 Å². The van der Waals surface area contributed by atoms with Crippen LogP contribution in [0, 0.1) is 0 Å². The molecule has 0 bridgehead atoms. The van der Waals surface area contributed by atoms with E-state index >= 15 is 0 Å². The fourth-order valence-corrected chi connectivity index (χ4v) is 2.27. The number of methoxy groups -OCH3 is 1. The fraction of sp³-hybridized carbons (Fsp3) is 0.333. The van der Waals surface area contributed by atoms with Crippen LogP contribution in [0.2, 0.25) is 0 Å². The maximum atomic E-state index is 12.0. The molecule has 1 amide bonds. The lowest BCUT2D eigenvalue weighted by Gasteiger charge is -2.19. The molecule has 0 saturated carbocycles. The second-order valence-corrected chi connectivity index (χ2v) is 4.63. The molecule has 0 unspecified atom stereocenters. The molecule has 1 N–H and O–H groups in total. The number of rotatable bonds is 4. The van der Waals surface area contributed by atoms with Crippen molar-refractivity contribution in [2.45, 2.75) is 18.9 Å². The Labute approximate surface area is 117 Å². The lowest BCUT2D eigenvalue weighted by atomic mass is 10.2. The maximum absolute atomic E-state index is 12.0. The highest BCUT2D eigenvalue weighted by molar-refractivity contribution is 5.94. The Morgan fingerprint density at radius 1 is 1.35 bits per heavy atom. The Kier molecular flexibility index (Phi) is 4.40. The van der Waals surface area contributed by atoms with Gasteiger partial charge in [-0.1, -0.05) is 12.1 Å². The molecule has 1 aliphatic rings. The number of aliphatic carboxylic acids is 1. The smallest absolute Gasteiger partial charge is 0.326 e. The molecule has 1 heterocycles. The highest BCUT2D eigenvalue weighted by atomic mass is 16.5. The van der Waals surface area contributed by atoms with Crippen LogP contribution in [0.15, 0.2) is 30.3 Å². The van der Waals surface area contributed by atoms with E-state index in [1.165, 1.54) is 11.0 Å². The van der Waals surface area contributed by atoms with Gasteiger partial charge in [-0.15, -0.1) is 0 Å². The van der Waals surface area contributed by atoms with Crippen molar-refractivity contribution in [3.8, 4) is 5.75 Å². The van der Waals surface area contributed by atoms with E-state index < -0.39 is 12.0 Å². The van der Waals surface area contributed by atoms with Crippen LogP contribution >= 0.6 is 0 Å². The zero-order chi connectivity index (χ0) is 14.5. The van der Waals surface area contributed by atoms with Gasteiger partial charge in [-0.05, 0) is 36.6 Å². The van der Waals surface area contributed by atoms with E-state index in [1.54, 1.807) is 25.3 Å². The van der Waals surface area contributed by atoms with Gasteiger partial charge in [0.2, 0.25) is 5.91 Å². The Morgan fingerprint density at radius 3 is 2.65 bits per heavy atom. The Bertz CT molecular complexity index is 521. The third kappa shape index (κ3) is 3.17. The summed E-state index contributed by atoms with van der Waals surface area (Å²) in [6.07, 6.45) is 4.36. The van der Waals surface area contributed by atoms with Gasteiger partial charge in [-0.25, -0.2) is 4.79 Å². The number of amides is 1. The molecule has 2 rings (SSSR count). The quantitative estimate of drug-likeness (QED) is 0.851. The van der Waals surface area contributed by atoms with E-state index in [9.17, 15) is 9.59 Å². The number of hydrogen-bond donors (Lipinski definition) is 1. The van der Waals surface area contributed by atoms with Gasteiger partial charge in [0, 0.05) is 12.6 Å². The number of carboxylic acids is 1. The van der Waals surface area contributed by atoms with Crippen molar-refractivity contribution in [3.05, 3.63) is 35.9 Å². The van der Waals surface area contributed by atoms with Crippen LogP contribution in [0.25, 0.3) is 6.08 Å². The molecule has 1 fully saturated rings. The molecule has 0 aromatic heterocycles. The summed E-state index contributed by atoms with van der Waals surface area (Å²) in [5.74, 6) is -0.446. The van der Waals surface area contributed by atoms with Gasteiger partial charge in [-0.2, -0.15) is 0 Å². The minimum absolute atomic E-state index is 0.259. The van der Waals surface area contributed by atoms with Crippen LogP contribution in [0.1, 0.15) is 18.4 Å². The number of carboxylic acid groups (broad SMARTS) is 1. The third-order valence-electron chi connectivity index (χ3n) is 3.36. The van der Waals surface area contributed by atoms with Crippen molar-refractivity contribution >= 4 is 18.0 Å². The predicted octanol–water partition coefficient (Wildman–Crippen LogP) is 1.78. The number of hydrogen-bond acceptors (Lipinski definition) is 3. The normalized spacial score (nSPS) is 18.4. The van der Waals surface area contributed by atoms with E-state index in [-0.39, 0.29) is 5.91 Å². The van der Waals surface area contributed by atoms with E-state index in [2.05, 4.69) is 0 Å². The van der Waals surface area contributed by atoms with Gasteiger partial charge in [-0.3, -0.25) is 4.79 Å². The molecule has 20 heavy (non-hydrogen) atoms. The second-order valence-electron chi connectivity index (χ2n) is 4.63. The van der Waals surface area contributed by atoms with Gasteiger partial charge in [0.05, 0.1) is 7.11 Å². The number of likely N-dealkylation sites (tertiary alicyclic amines) is 1. The molecule has 1 atom stereocenters. The van der Waals surface area contributed by atoms with Crippen LogP contribution in [0.4, 0.5) is 0 Å². The SMILES string of the molecule is COc1ccc(/C=C/C(=O)N2CCC[C@H]2C(=O)O)cc1. The van der Waals surface area contributed by atoms with Crippen molar-refractivity contribution in [3.63, 3.8) is 0 Å². The molecule has 0 aliphatic carbocycles. The molecule has 0 spiro atoms. The van der Waals surface area contributed by atoms with Crippen LogP contribution in [-0.4, -0.2) is 41.6 Å². The molecule has 1 saturated heterocycles. The van der Waals surface area contributed by atoms with Gasteiger partial charge >= 0.3 is 5.97 Å². The number of carbonyl (C=O) groups is 2. The minimum atomic E-state index is -0.936. The summed E-state index contributed by atoms with van der Waals surface area (Å²) >= 11 is 0. The largest absolute Gasteiger partial charge is 0.497 e. The topological polar surface area (TPSA) is 66.8 Å². The standard InChI is InChI=1S/C15H17NO4/c1-20-12-7-4-11(5-8-12)6-9-14(17)16-10-2-3-13(16)15(18)19/h4-9,13H,2-3,10H2,1H3,(H,18,19)/b9-6+/t13-/m0/s1. The van der Waals surface area contributed by atoms with E-state index in [4.69, 9.17) is 9.84 Å². The monoisotopic (exact) mass is 275 g/mol. The molecular formula is C15H17NO4. The first-order chi connectivity index (χ1) is 9.61. The summed E-state index contributed by atoms with van der Waals surface area (Å²) < 4.78 is 5.05. The lowest BCUT2D eigenvalue weighted by Crippen LogP contribution is -2.39. The van der Waals surface area contributed by atoms with Crippen molar-refractivity contribution in [1.82, 2.24) is 4.90 Å².